The highest BCUT2D eigenvalue weighted by atomic mass is 32.1. The van der Waals surface area contributed by atoms with Gasteiger partial charge in [0.2, 0.25) is 0 Å². The molecule has 0 unspecified atom stereocenters. The molecule has 21 heavy (non-hydrogen) atoms. The Bertz CT molecular complexity index is 656. The summed E-state index contributed by atoms with van der Waals surface area (Å²) in [4.78, 5) is 15.5. The van der Waals surface area contributed by atoms with Gasteiger partial charge in [0, 0.05) is 10.8 Å². The third-order valence-corrected chi connectivity index (χ3v) is 4.31. The van der Waals surface area contributed by atoms with E-state index in [2.05, 4.69) is 25.8 Å². The fraction of sp³-hybridized carbons (Fsp3) is 0.375. The molecule has 1 N–H and O–H groups in total. The highest BCUT2D eigenvalue weighted by Gasteiger charge is 2.18. The van der Waals surface area contributed by atoms with Gasteiger partial charge in [-0.25, -0.2) is 9.78 Å². The minimum atomic E-state index is -0.932. The van der Waals surface area contributed by atoms with E-state index in [4.69, 9.17) is 9.84 Å². The molecular formula is C16H19NO3S. The van der Waals surface area contributed by atoms with Gasteiger partial charge in [-0.1, -0.05) is 20.8 Å². The molecule has 0 aliphatic heterocycles. The minimum Gasteiger partial charge on any atom is -0.487 e. The SMILES string of the molecule is Cc1cc(C(=O)O)ccc1OCc1csc(C(C)(C)C)n1. The van der Waals surface area contributed by atoms with E-state index in [1.54, 1.807) is 29.5 Å². The Morgan fingerprint density at radius 3 is 2.62 bits per heavy atom. The van der Waals surface area contributed by atoms with Crippen LogP contribution in [-0.2, 0) is 12.0 Å². The first-order valence-electron chi connectivity index (χ1n) is 6.69. The number of hydrogen-bond donors (Lipinski definition) is 1. The Kier molecular flexibility index (Phi) is 4.32. The van der Waals surface area contributed by atoms with Crippen LogP contribution in [0.25, 0.3) is 0 Å². The van der Waals surface area contributed by atoms with E-state index in [9.17, 15) is 4.79 Å². The van der Waals surface area contributed by atoms with Crippen molar-refractivity contribution in [2.45, 2.75) is 39.7 Å². The van der Waals surface area contributed by atoms with Gasteiger partial charge >= 0.3 is 5.97 Å². The standard InChI is InChI=1S/C16H19NO3S/c1-10-7-11(14(18)19)5-6-13(10)20-8-12-9-21-15(17-12)16(2,3)4/h5-7,9H,8H2,1-4H3,(H,18,19). The summed E-state index contributed by atoms with van der Waals surface area (Å²) in [5, 5.41) is 12.0. The van der Waals surface area contributed by atoms with Crippen molar-refractivity contribution >= 4 is 17.3 Å². The molecule has 0 spiro atoms. The van der Waals surface area contributed by atoms with Crippen LogP contribution in [-0.4, -0.2) is 16.1 Å². The Hall–Kier alpha value is -1.88. The molecule has 0 aliphatic rings. The molecule has 1 heterocycles. The molecule has 1 aromatic heterocycles. The monoisotopic (exact) mass is 305 g/mol. The molecule has 0 radical (unpaired) electrons. The summed E-state index contributed by atoms with van der Waals surface area (Å²) in [5.74, 6) is -0.246. The second-order valence-electron chi connectivity index (χ2n) is 5.97. The highest BCUT2D eigenvalue weighted by molar-refractivity contribution is 7.09. The first-order valence-corrected chi connectivity index (χ1v) is 7.57. The lowest BCUT2D eigenvalue weighted by atomic mass is 9.98. The van der Waals surface area contributed by atoms with Crippen molar-refractivity contribution in [3.63, 3.8) is 0 Å². The van der Waals surface area contributed by atoms with Crippen LogP contribution in [0.5, 0.6) is 5.75 Å². The number of aromatic carboxylic acids is 1. The van der Waals surface area contributed by atoms with E-state index < -0.39 is 5.97 Å². The number of carboxylic acids is 1. The van der Waals surface area contributed by atoms with Crippen molar-refractivity contribution in [3.8, 4) is 5.75 Å². The van der Waals surface area contributed by atoms with Gasteiger partial charge in [0.25, 0.3) is 0 Å². The lowest BCUT2D eigenvalue weighted by Crippen LogP contribution is -2.10. The first-order chi connectivity index (χ1) is 9.77. The summed E-state index contributed by atoms with van der Waals surface area (Å²) >= 11 is 1.63. The molecule has 0 aliphatic carbocycles. The molecule has 0 amide bonds. The van der Waals surface area contributed by atoms with Crippen LogP contribution < -0.4 is 4.74 Å². The summed E-state index contributed by atoms with van der Waals surface area (Å²) < 4.78 is 5.73. The van der Waals surface area contributed by atoms with Crippen molar-refractivity contribution in [3.05, 3.63) is 45.4 Å². The number of benzene rings is 1. The molecule has 112 valence electrons. The van der Waals surface area contributed by atoms with Crippen molar-refractivity contribution in [1.82, 2.24) is 4.98 Å². The second kappa shape index (κ2) is 5.85. The molecule has 0 saturated carbocycles. The topological polar surface area (TPSA) is 59.4 Å². The van der Waals surface area contributed by atoms with Gasteiger partial charge in [-0.15, -0.1) is 11.3 Å². The number of carboxylic acid groups (broad SMARTS) is 1. The summed E-state index contributed by atoms with van der Waals surface area (Å²) in [6.07, 6.45) is 0. The predicted octanol–water partition coefficient (Wildman–Crippen LogP) is 4.03. The Labute approximate surface area is 128 Å². The zero-order chi connectivity index (χ0) is 15.6. The van der Waals surface area contributed by atoms with Crippen LogP contribution in [0.3, 0.4) is 0 Å². The van der Waals surface area contributed by atoms with Crippen LogP contribution >= 0.6 is 11.3 Å². The quantitative estimate of drug-likeness (QED) is 0.926. The average Bonchev–Trinajstić information content (AvgIpc) is 2.85. The molecule has 0 fully saturated rings. The van der Waals surface area contributed by atoms with E-state index in [1.807, 2.05) is 12.3 Å². The third-order valence-electron chi connectivity index (χ3n) is 2.99. The van der Waals surface area contributed by atoms with Crippen molar-refractivity contribution in [2.24, 2.45) is 0 Å². The van der Waals surface area contributed by atoms with Gasteiger partial charge in [-0.05, 0) is 30.7 Å². The van der Waals surface area contributed by atoms with E-state index >= 15 is 0 Å². The number of carbonyl (C=O) groups is 1. The molecule has 5 heteroatoms. The summed E-state index contributed by atoms with van der Waals surface area (Å²) in [7, 11) is 0. The smallest absolute Gasteiger partial charge is 0.335 e. The Morgan fingerprint density at radius 2 is 2.10 bits per heavy atom. The molecular weight excluding hydrogens is 286 g/mol. The maximum atomic E-state index is 10.9. The summed E-state index contributed by atoms with van der Waals surface area (Å²) in [5.41, 5.74) is 2.01. The molecule has 0 atom stereocenters. The number of thiazole rings is 1. The zero-order valence-electron chi connectivity index (χ0n) is 12.6. The number of aryl methyl sites for hydroxylation is 1. The van der Waals surface area contributed by atoms with Crippen LogP contribution in [0.4, 0.5) is 0 Å². The fourth-order valence-electron chi connectivity index (χ4n) is 1.81. The Morgan fingerprint density at radius 1 is 1.38 bits per heavy atom. The molecule has 4 nitrogen and oxygen atoms in total. The van der Waals surface area contributed by atoms with Crippen LogP contribution in [0, 0.1) is 6.92 Å². The van der Waals surface area contributed by atoms with Gasteiger partial charge in [0.15, 0.2) is 0 Å². The van der Waals surface area contributed by atoms with Gasteiger partial charge in [-0.3, -0.25) is 0 Å². The number of hydrogen-bond acceptors (Lipinski definition) is 4. The van der Waals surface area contributed by atoms with E-state index in [1.165, 1.54) is 0 Å². The van der Waals surface area contributed by atoms with Crippen molar-refractivity contribution in [2.75, 3.05) is 0 Å². The highest BCUT2D eigenvalue weighted by Crippen LogP contribution is 2.26. The van der Waals surface area contributed by atoms with E-state index in [0.717, 1.165) is 16.3 Å². The van der Waals surface area contributed by atoms with E-state index in [-0.39, 0.29) is 11.0 Å². The lowest BCUT2D eigenvalue weighted by Gasteiger charge is -2.13. The molecule has 0 saturated heterocycles. The van der Waals surface area contributed by atoms with Crippen LogP contribution in [0.1, 0.15) is 47.4 Å². The average molecular weight is 305 g/mol. The lowest BCUT2D eigenvalue weighted by molar-refractivity contribution is 0.0696. The summed E-state index contributed by atoms with van der Waals surface area (Å²) in [6.45, 7) is 8.62. The maximum Gasteiger partial charge on any atom is 0.335 e. The first kappa shape index (κ1) is 15.5. The van der Waals surface area contributed by atoms with Gasteiger partial charge in [0.1, 0.15) is 12.4 Å². The van der Waals surface area contributed by atoms with Crippen LogP contribution in [0.15, 0.2) is 23.6 Å². The van der Waals surface area contributed by atoms with Gasteiger partial charge in [-0.2, -0.15) is 0 Å². The number of rotatable bonds is 4. The number of aromatic nitrogens is 1. The number of ether oxygens (including phenoxy) is 1. The third kappa shape index (κ3) is 3.82. The normalized spacial score (nSPS) is 11.4. The van der Waals surface area contributed by atoms with Crippen molar-refractivity contribution < 1.29 is 14.6 Å². The fourth-order valence-corrected chi connectivity index (χ4v) is 2.71. The van der Waals surface area contributed by atoms with Crippen LogP contribution in [0.2, 0.25) is 0 Å². The van der Waals surface area contributed by atoms with Gasteiger partial charge < -0.3 is 9.84 Å². The predicted molar refractivity (Wildman–Crippen MR) is 83.3 cm³/mol. The van der Waals surface area contributed by atoms with Gasteiger partial charge in [0.05, 0.1) is 16.3 Å². The summed E-state index contributed by atoms with van der Waals surface area (Å²) in [6, 6.07) is 4.85. The largest absolute Gasteiger partial charge is 0.487 e. The minimum absolute atomic E-state index is 0.0436. The zero-order valence-corrected chi connectivity index (χ0v) is 13.5. The molecule has 2 rings (SSSR count). The maximum absolute atomic E-state index is 10.9. The molecule has 0 bridgehead atoms. The second-order valence-corrected chi connectivity index (χ2v) is 6.83. The molecule has 2 aromatic rings. The Balaban J connectivity index is 2.06. The van der Waals surface area contributed by atoms with Crippen molar-refractivity contribution in [1.29, 1.82) is 0 Å². The van der Waals surface area contributed by atoms with E-state index in [0.29, 0.717) is 12.4 Å². The number of nitrogens with zero attached hydrogens (tertiary/aromatic N) is 1. The molecule has 1 aromatic carbocycles.